The highest BCUT2D eigenvalue weighted by molar-refractivity contribution is 5.79. The molecule has 6 nitrogen and oxygen atoms in total. The zero-order chi connectivity index (χ0) is 20.0. The first-order valence-electron chi connectivity index (χ1n) is 9.68. The van der Waals surface area contributed by atoms with E-state index in [1.165, 1.54) is 5.56 Å². The minimum Gasteiger partial charge on any atom is -0.490 e. The number of fused-ring (bicyclic) bond motifs is 1. The molecular weight excluding hydrogens is 342 g/mol. The summed E-state index contributed by atoms with van der Waals surface area (Å²) >= 11 is 0. The van der Waals surface area contributed by atoms with Crippen molar-refractivity contribution in [2.24, 2.45) is 5.92 Å². The maximum absolute atomic E-state index is 12.5. The van der Waals surface area contributed by atoms with Crippen LogP contribution in [-0.4, -0.2) is 42.6 Å². The third-order valence-corrected chi connectivity index (χ3v) is 5.11. The molecule has 1 aromatic rings. The van der Waals surface area contributed by atoms with Gasteiger partial charge in [0.1, 0.15) is 5.54 Å². The Morgan fingerprint density at radius 1 is 1.26 bits per heavy atom. The van der Waals surface area contributed by atoms with Gasteiger partial charge in [-0.3, -0.25) is 9.69 Å². The first-order valence-corrected chi connectivity index (χ1v) is 9.68. The lowest BCUT2D eigenvalue weighted by atomic mass is 9.90. The number of ether oxygens (including phenoxy) is 2. The third kappa shape index (κ3) is 5.14. The Labute approximate surface area is 162 Å². The summed E-state index contributed by atoms with van der Waals surface area (Å²) in [7, 11) is 0. The maximum Gasteiger partial charge on any atom is 0.235 e. The zero-order valence-corrected chi connectivity index (χ0v) is 17.1. The van der Waals surface area contributed by atoms with Gasteiger partial charge in [-0.2, -0.15) is 5.26 Å². The molecule has 1 aliphatic heterocycles. The lowest BCUT2D eigenvalue weighted by Crippen LogP contribution is -2.52. The highest BCUT2D eigenvalue weighted by atomic mass is 16.5. The summed E-state index contributed by atoms with van der Waals surface area (Å²) in [6, 6.07) is 6.31. The first-order chi connectivity index (χ1) is 12.8. The summed E-state index contributed by atoms with van der Waals surface area (Å²) in [5.41, 5.74) is 1.55. The molecule has 6 heteroatoms. The monoisotopic (exact) mass is 373 g/mol. The summed E-state index contributed by atoms with van der Waals surface area (Å²) in [5, 5.41) is 12.3. The SMILES string of the molecule is CCOc1cc2c(cc1OCC)CN(CC(=O)N[C@](C)(C#N)C(C)C)CC2. The lowest BCUT2D eigenvalue weighted by molar-refractivity contribution is -0.124. The van der Waals surface area contributed by atoms with Gasteiger partial charge in [0.25, 0.3) is 0 Å². The van der Waals surface area contributed by atoms with E-state index < -0.39 is 5.54 Å². The number of carbonyl (C=O) groups is 1. The van der Waals surface area contributed by atoms with Crippen LogP contribution in [0.4, 0.5) is 0 Å². The van der Waals surface area contributed by atoms with E-state index in [0.717, 1.165) is 30.0 Å². The van der Waals surface area contributed by atoms with Crippen molar-refractivity contribution in [1.29, 1.82) is 5.26 Å². The Bertz CT molecular complexity index is 711. The molecule has 0 spiro atoms. The number of hydrogen-bond acceptors (Lipinski definition) is 5. The van der Waals surface area contributed by atoms with Crippen LogP contribution in [0.2, 0.25) is 0 Å². The Morgan fingerprint density at radius 2 is 1.85 bits per heavy atom. The fourth-order valence-corrected chi connectivity index (χ4v) is 3.13. The molecule has 1 aromatic carbocycles. The molecule has 1 N–H and O–H groups in total. The second-order valence-electron chi connectivity index (χ2n) is 7.41. The molecule has 1 amide bonds. The topological polar surface area (TPSA) is 74.6 Å². The number of amides is 1. The molecule has 0 bridgehead atoms. The van der Waals surface area contributed by atoms with Crippen molar-refractivity contribution < 1.29 is 14.3 Å². The van der Waals surface area contributed by atoms with E-state index >= 15 is 0 Å². The molecule has 148 valence electrons. The molecule has 0 aromatic heterocycles. The molecule has 0 radical (unpaired) electrons. The summed E-state index contributed by atoms with van der Waals surface area (Å²) in [4.78, 5) is 14.6. The number of nitrogens with zero attached hydrogens (tertiary/aromatic N) is 2. The fourth-order valence-electron chi connectivity index (χ4n) is 3.13. The van der Waals surface area contributed by atoms with Gasteiger partial charge in [-0.15, -0.1) is 0 Å². The minimum absolute atomic E-state index is 0.0410. The number of nitrogens with one attached hydrogen (secondary N) is 1. The van der Waals surface area contributed by atoms with Gasteiger partial charge in [-0.1, -0.05) is 13.8 Å². The van der Waals surface area contributed by atoms with E-state index in [2.05, 4.69) is 22.4 Å². The van der Waals surface area contributed by atoms with Crippen molar-refractivity contribution in [1.82, 2.24) is 10.2 Å². The Hall–Kier alpha value is -2.26. The van der Waals surface area contributed by atoms with Gasteiger partial charge in [0.05, 0.1) is 25.8 Å². The van der Waals surface area contributed by atoms with Crippen molar-refractivity contribution >= 4 is 5.91 Å². The van der Waals surface area contributed by atoms with E-state index in [-0.39, 0.29) is 18.4 Å². The smallest absolute Gasteiger partial charge is 0.235 e. The fraction of sp³-hybridized carbons (Fsp3) is 0.619. The van der Waals surface area contributed by atoms with Crippen LogP contribution < -0.4 is 14.8 Å². The highest BCUT2D eigenvalue weighted by Gasteiger charge is 2.31. The standard InChI is InChI=1S/C21H31N3O3/c1-6-26-18-10-16-8-9-24(12-17(16)11-19(18)27-7-2)13-20(25)23-21(5,14-22)15(3)4/h10-11,15H,6-9,12-13H2,1-5H3,(H,23,25)/t21-/m1/s1. The second-order valence-corrected chi connectivity index (χ2v) is 7.41. The summed E-state index contributed by atoms with van der Waals surface area (Å²) in [5.74, 6) is 1.46. The maximum atomic E-state index is 12.5. The quantitative estimate of drug-likeness (QED) is 0.758. The van der Waals surface area contributed by atoms with E-state index in [1.54, 1.807) is 6.92 Å². The predicted octanol–water partition coefficient (Wildman–Crippen LogP) is 2.90. The molecule has 27 heavy (non-hydrogen) atoms. The summed E-state index contributed by atoms with van der Waals surface area (Å²) < 4.78 is 11.4. The van der Waals surface area contributed by atoms with E-state index in [1.807, 2.05) is 33.8 Å². The Kier molecular flexibility index (Phi) is 7.09. The largest absolute Gasteiger partial charge is 0.490 e. The van der Waals surface area contributed by atoms with Gasteiger partial charge in [0, 0.05) is 13.1 Å². The average molecular weight is 373 g/mol. The molecule has 0 aliphatic carbocycles. The number of benzene rings is 1. The average Bonchev–Trinajstić information content (AvgIpc) is 2.62. The highest BCUT2D eigenvalue weighted by Crippen LogP contribution is 2.33. The van der Waals surface area contributed by atoms with E-state index in [4.69, 9.17) is 9.47 Å². The number of carbonyl (C=O) groups excluding carboxylic acids is 1. The molecule has 2 rings (SSSR count). The molecule has 1 atom stereocenters. The third-order valence-electron chi connectivity index (χ3n) is 5.11. The van der Waals surface area contributed by atoms with Crippen molar-refractivity contribution in [3.63, 3.8) is 0 Å². The second kappa shape index (κ2) is 9.09. The predicted molar refractivity (Wildman–Crippen MR) is 105 cm³/mol. The summed E-state index contributed by atoms with van der Waals surface area (Å²) in [6.45, 7) is 12.5. The minimum atomic E-state index is -0.848. The molecular formula is C21H31N3O3. The van der Waals surface area contributed by atoms with Gasteiger partial charge in [0.2, 0.25) is 5.91 Å². The molecule has 0 saturated heterocycles. The van der Waals surface area contributed by atoms with E-state index in [0.29, 0.717) is 19.8 Å². The van der Waals surface area contributed by atoms with Crippen LogP contribution in [0.3, 0.4) is 0 Å². The van der Waals surface area contributed by atoms with Crippen LogP contribution in [0.15, 0.2) is 12.1 Å². The summed E-state index contributed by atoms with van der Waals surface area (Å²) in [6.07, 6.45) is 0.856. The Balaban J connectivity index is 2.08. The molecule has 0 fully saturated rings. The van der Waals surface area contributed by atoms with Gasteiger partial charge in [-0.05, 0) is 56.4 Å². The lowest BCUT2D eigenvalue weighted by Gasteiger charge is -2.32. The van der Waals surface area contributed by atoms with Crippen molar-refractivity contribution in [3.8, 4) is 17.6 Å². The van der Waals surface area contributed by atoms with Crippen LogP contribution in [0.5, 0.6) is 11.5 Å². The first kappa shape index (κ1) is 21.0. The van der Waals surface area contributed by atoms with Gasteiger partial charge in [-0.25, -0.2) is 0 Å². The van der Waals surface area contributed by atoms with E-state index in [9.17, 15) is 10.1 Å². The molecule has 0 saturated carbocycles. The van der Waals surface area contributed by atoms with Crippen molar-refractivity contribution in [2.45, 2.75) is 53.1 Å². The van der Waals surface area contributed by atoms with Crippen LogP contribution in [0.25, 0.3) is 0 Å². The number of nitriles is 1. The van der Waals surface area contributed by atoms with Crippen molar-refractivity contribution in [3.05, 3.63) is 23.3 Å². The van der Waals surface area contributed by atoms with Crippen LogP contribution in [0.1, 0.15) is 45.7 Å². The molecule has 1 heterocycles. The van der Waals surface area contributed by atoms with Gasteiger partial charge in [0.15, 0.2) is 11.5 Å². The number of rotatable bonds is 8. The van der Waals surface area contributed by atoms with Crippen LogP contribution >= 0.6 is 0 Å². The van der Waals surface area contributed by atoms with Gasteiger partial charge < -0.3 is 14.8 Å². The van der Waals surface area contributed by atoms with Crippen LogP contribution in [0, 0.1) is 17.2 Å². The number of hydrogen-bond donors (Lipinski definition) is 1. The van der Waals surface area contributed by atoms with Crippen LogP contribution in [-0.2, 0) is 17.8 Å². The molecule has 1 aliphatic rings. The molecule has 0 unspecified atom stereocenters. The van der Waals surface area contributed by atoms with Crippen molar-refractivity contribution in [2.75, 3.05) is 26.3 Å². The van der Waals surface area contributed by atoms with Gasteiger partial charge >= 0.3 is 0 Å². The normalized spacial score (nSPS) is 16.2. The Morgan fingerprint density at radius 3 is 2.37 bits per heavy atom. The zero-order valence-electron chi connectivity index (χ0n) is 17.1.